The number of anilines is 2. The van der Waals surface area contributed by atoms with E-state index in [1.807, 2.05) is 60.7 Å². The molecule has 0 saturated heterocycles. The first kappa shape index (κ1) is 18.1. The number of pyridine rings is 1. The predicted octanol–water partition coefficient (Wildman–Crippen LogP) is 3.07. The third-order valence-electron chi connectivity index (χ3n) is 4.00. The second-order valence-corrected chi connectivity index (χ2v) is 5.79. The van der Waals surface area contributed by atoms with Crippen LogP contribution in [0.4, 0.5) is 11.4 Å². The average Bonchev–Trinajstić information content (AvgIpc) is 2.69. The summed E-state index contributed by atoms with van der Waals surface area (Å²) in [5.41, 5.74) is 1.17. The molecule has 136 valence electrons. The van der Waals surface area contributed by atoms with Gasteiger partial charge in [-0.3, -0.25) is 14.5 Å². The fourth-order valence-electron chi connectivity index (χ4n) is 2.72. The fraction of sp³-hybridized carbons (Fsp3) is 0.0952. The van der Waals surface area contributed by atoms with E-state index in [1.54, 1.807) is 11.0 Å². The number of hydrogen-bond donors (Lipinski definition) is 1. The molecule has 0 fully saturated rings. The molecule has 0 aliphatic heterocycles. The van der Waals surface area contributed by atoms with Crippen LogP contribution in [0.25, 0.3) is 0 Å². The maximum Gasteiger partial charge on any atom is 0.343 e. The highest BCUT2D eigenvalue weighted by molar-refractivity contribution is 6.01. The van der Waals surface area contributed by atoms with Crippen LogP contribution in [0.3, 0.4) is 0 Å². The highest BCUT2D eigenvalue weighted by Gasteiger charge is 2.19. The number of hydrogen-bond acceptors (Lipinski definition) is 4. The number of ether oxygens (including phenoxy) is 1. The van der Waals surface area contributed by atoms with E-state index in [4.69, 9.17) is 0 Å². The van der Waals surface area contributed by atoms with E-state index in [1.165, 1.54) is 13.2 Å². The second-order valence-electron chi connectivity index (χ2n) is 5.79. The van der Waals surface area contributed by atoms with Crippen molar-refractivity contribution in [3.8, 4) is 0 Å². The van der Waals surface area contributed by atoms with Gasteiger partial charge in [-0.1, -0.05) is 36.4 Å². The van der Waals surface area contributed by atoms with E-state index in [0.29, 0.717) is 5.69 Å². The summed E-state index contributed by atoms with van der Waals surface area (Å²) in [6, 6.07) is 21.4. The standard InChI is InChI=1S/C21H18N2O4/c1-27-21(26)18-13-12-15(22-20(18)25)14-19(24)23(16-8-4-2-5-9-16)17-10-6-3-7-11-17/h2-13H,14H2,1H3,(H,22,25). The normalized spacial score (nSPS) is 10.3. The van der Waals surface area contributed by atoms with E-state index < -0.39 is 11.5 Å². The van der Waals surface area contributed by atoms with Gasteiger partial charge in [0.2, 0.25) is 5.91 Å². The van der Waals surface area contributed by atoms with E-state index in [2.05, 4.69) is 9.72 Å². The molecule has 6 nitrogen and oxygen atoms in total. The number of benzene rings is 2. The number of H-pyrrole nitrogens is 1. The van der Waals surface area contributed by atoms with Gasteiger partial charge in [0.05, 0.1) is 13.5 Å². The summed E-state index contributed by atoms with van der Waals surface area (Å²) in [5, 5.41) is 0. The summed E-state index contributed by atoms with van der Waals surface area (Å²) in [4.78, 5) is 40.8. The number of rotatable bonds is 5. The monoisotopic (exact) mass is 362 g/mol. The van der Waals surface area contributed by atoms with Gasteiger partial charge < -0.3 is 9.72 Å². The van der Waals surface area contributed by atoms with Crippen molar-refractivity contribution in [2.75, 3.05) is 12.0 Å². The molecule has 6 heteroatoms. The Kier molecular flexibility index (Phi) is 5.47. The number of aromatic amines is 1. The zero-order valence-corrected chi connectivity index (χ0v) is 14.7. The van der Waals surface area contributed by atoms with E-state index in [0.717, 1.165) is 11.4 Å². The molecule has 1 aromatic heterocycles. The van der Waals surface area contributed by atoms with Crippen LogP contribution >= 0.6 is 0 Å². The minimum absolute atomic E-state index is 0.0273. The van der Waals surface area contributed by atoms with Gasteiger partial charge in [-0.25, -0.2) is 4.79 Å². The van der Waals surface area contributed by atoms with Gasteiger partial charge in [0.1, 0.15) is 5.56 Å². The fourth-order valence-corrected chi connectivity index (χ4v) is 2.72. The van der Waals surface area contributed by atoms with Gasteiger partial charge in [0.15, 0.2) is 0 Å². The number of carbonyl (C=O) groups excluding carboxylic acids is 2. The Morgan fingerprint density at radius 2 is 1.44 bits per heavy atom. The molecule has 0 radical (unpaired) electrons. The van der Waals surface area contributed by atoms with E-state index in [9.17, 15) is 14.4 Å². The molecular formula is C21H18N2O4. The summed E-state index contributed by atoms with van der Waals surface area (Å²) < 4.78 is 4.56. The van der Waals surface area contributed by atoms with E-state index in [-0.39, 0.29) is 17.9 Å². The minimum Gasteiger partial charge on any atom is -0.465 e. The van der Waals surface area contributed by atoms with Gasteiger partial charge in [-0.15, -0.1) is 0 Å². The second kappa shape index (κ2) is 8.14. The van der Waals surface area contributed by atoms with Crippen LogP contribution < -0.4 is 10.5 Å². The van der Waals surface area contributed by atoms with Crippen molar-refractivity contribution in [3.05, 3.63) is 94.4 Å². The maximum atomic E-state index is 13.0. The average molecular weight is 362 g/mol. The molecule has 27 heavy (non-hydrogen) atoms. The lowest BCUT2D eigenvalue weighted by Crippen LogP contribution is -2.29. The summed E-state index contributed by atoms with van der Waals surface area (Å²) in [6.07, 6.45) is -0.0273. The van der Waals surface area contributed by atoms with Crippen LogP contribution in [-0.2, 0) is 16.0 Å². The maximum absolute atomic E-state index is 13.0. The zero-order valence-electron chi connectivity index (χ0n) is 14.7. The Labute approximate surface area is 156 Å². The summed E-state index contributed by atoms with van der Waals surface area (Å²) in [7, 11) is 1.21. The van der Waals surface area contributed by atoms with Gasteiger partial charge in [0, 0.05) is 17.1 Å². The summed E-state index contributed by atoms with van der Waals surface area (Å²) >= 11 is 0. The lowest BCUT2D eigenvalue weighted by Gasteiger charge is -2.23. The van der Waals surface area contributed by atoms with Crippen LogP contribution in [0.5, 0.6) is 0 Å². The van der Waals surface area contributed by atoms with Crippen molar-refractivity contribution >= 4 is 23.3 Å². The highest BCUT2D eigenvalue weighted by atomic mass is 16.5. The number of nitrogens with one attached hydrogen (secondary N) is 1. The molecule has 1 heterocycles. The topological polar surface area (TPSA) is 79.5 Å². The van der Waals surface area contributed by atoms with Crippen molar-refractivity contribution < 1.29 is 14.3 Å². The number of para-hydroxylation sites is 2. The molecule has 0 aliphatic rings. The molecule has 3 aromatic rings. The van der Waals surface area contributed by atoms with Crippen molar-refractivity contribution in [3.63, 3.8) is 0 Å². The first-order valence-corrected chi connectivity index (χ1v) is 8.33. The van der Waals surface area contributed by atoms with Crippen molar-refractivity contribution in [1.29, 1.82) is 0 Å². The molecule has 0 aliphatic carbocycles. The Balaban J connectivity index is 1.91. The van der Waals surface area contributed by atoms with Gasteiger partial charge in [0.25, 0.3) is 5.56 Å². The molecular weight excluding hydrogens is 344 g/mol. The van der Waals surface area contributed by atoms with Gasteiger partial charge in [-0.2, -0.15) is 0 Å². The lowest BCUT2D eigenvalue weighted by atomic mass is 10.1. The minimum atomic E-state index is -0.718. The smallest absolute Gasteiger partial charge is 0.343 e. The Morgan fingerprint density at radius 1 is 0.889 bits per heavy atom. The third kappa shape index (κ3) is 4.12. The van der Waals surface area contributed by atoms with Crippen molar-refractivity contribution in [2.45, 2.75) is 6.42 Å². The molecule has 1 amide bonds. The molecule has 3 rings (SSSR count). The first-order valence-electron chi connectivity index (χ1n) is 8.33. The number of nitrogens with zero attached hydrogens (tertiary/aromatic N) is 1. The summed E-state index contributed by atoms with van der Waals surface area (Å²) in [5.74, 6) is -0.932. The summed E-state index contributed by atoms with van der Waals surface area (Å²) in [6.45, 7) is 0. The molecule has 0 spiro atoms. The quantitative estimate of drug-likeness (QED) is 0.708. The van der Waals surface area contributed by atoms with E-state index >= 15 is 0 Å². The zero-order chi connectivity index (χ0) is 19.2. The van der Waals surface area contributed by atoms with Crippen LogP contribution in [0.2, 0.25) is 0 Å². The van der Waals surface area contributed by atoms with Crippen LogP contribution in [0, 0.1) is 0 Å². The molecule has 0 atom stereocenters. The molecule has 0 saturated carbocycles. The lowest BCUT2D eigenvalue weighted by molar-refractivity contribution is -0.117. The largest absolute Gasteiger partial charge is 0.465 e. The van der Waals surface area contributed by atoms with Crippen LogP contribution in [-0.4, -0.2) is 24.0 Å². The number of amides is 1. The molecule has 0 unspecified atom stereocenters. The Morgan fingerprint density at radius 3 is 1.93 bits per heavy atom. The molecule has 2 aromatic carbocycles. The highest BCUT2D eigenvalue weighted by Crippen LogP contribution is 2.25. The van der Waals surface area contributed by atoms with Gasteiger partial charge >= 0.3 is 5.97 Å². The van der Waals surface area contributed by atoms with Crippen molar-refractivity contribution in [1.82, 2.24) is 4.98 Å². The Hall–Kier alpha value is -3.67. The van der Waals surface area contributed by atoms with Crippen molar-refractivity contribution in [2.24, 2.45) is 0 Å². The molecule has 0 bridgehead atoms. The number of carbonyl (C=O) groups is 2. The number of aromatic nitrogens is 1. The Bertz CT molecular complexity index is 958. The van der Waals surface area contributed by atoms with Gasteiger partial charge in [-0.05, 0) is 36.4 Å². The third-order valence-corrected chi connectivity index (χ3v) is 4.00. The van der Waals surface area contributed by atoms with Crippen LogP contribution in [0.15, 0.2) is 77.6 Å². The SMILES string of the molecule is COC(=O)c1ccc(CC(=O)N(c2ccccc2)c2ccccc2)[nH]c1=O. The predicted molar refractivity (Wildman–Crippen MR) is 102 cm³/mol. The number of esters is 1. The number of methoxy groups -OCH3 is 1. The first-order chi connectivity index (χ1) is 13.1. The molecule has 1 N–H and O–H groups in total. The van der Waals surface area contributed by atoms with Crippen LogP contribution in [0.1, 0.15) is 16.1 Å².